The number of pyridine rings is 1. The van der Waals surface area contributed by atoms with Gasteiger partial charge < -0.3 is 14.8 Å². The average Bonchev–Trinajstić information content (AvgIpc) is 2.36. The van der Waals surface area contributed by atoms with Crippen molar-refractivity contribution >= 4 is 0 Å². The fraction of sp³-hybridized carbons (Fsp3) is 0.688. The van der Waals surface area contributed by atoms with Crippen LogP contribution in [0.1, 0.15) is 45.9 Å². The van der Waals surface area contributed by atoms with Gasteiger partial charge in [-0.25, -0.2) is 0 Å². The Morgan fingerprint density at radius 2 is 1.95 bits per heavy atom. The van der Waals surface area contributed by atoms with Crippen molar-refractivity contribution in [1.82, 2.24) is 10.3 Å². The van der Waals surface area contributed by atoms with Crippen molar-refractivity contribution in [2.45, 2.75) is 59.4 Å². The monoisotopic (exact) mass is 280 g/mol. The fourth-order valence-electron chi connectivity index (χ4n) is 1.55. The number of ether oxygens (including phenoxy) is 2. The largest absolute Gasteiger partial charge is 0.373 e. The maximum Gasteiger partial charge on any atom is 0.0889 e. The van der Waals surface area contributed by atoms with Gasteiger partial charge in [0.25, 0.3) is 0 Å². The van der Waals surface area contributed by atoms with Crippen LogP contribution in [-0.2, 0) is 22.6 Å². The van der Waals surface area contributed by atoms with Crippen LogP contribution in [0.4, 0.5) is 0 Å². The van der Waals surface area contributed by atoms with Crippen LogP contribution in [0.3, 0.4) is 0 Å². The molecule has 0 aromatic carbocycles. The Bertz CT molecular complexity index is 369. The Morgan fingerprint density at radius 1 is 1.20 bits per heavy atom. The van der Waals surface area contributed by atoms with E-state index >= 15 is 0 Å². The van der Waals surface area contributed by atoms with E-state index in [1.54, 1.807) is 0 Å². The third kappa shape index (κ3) is 8.25. The van der Waals surface area contributed by atoms with Crippen LogP contribution in [0.25, 0.3) is 0 Å². The Kier molecular flexibility index (Phi) is 7.13. The lowest BCUT2D eigenvalue weighted by Crippen LogP contribution is -2.22. The molecule has 0 saturated heterocycles. The van der Waals surface area contributed by atoms with Gasteiger partial charge in [0.05, 0.1) is 31.1 Å². The summed E-state index contributed by atoms with van der Waals surface area (Å²) in [6, 6.07) is 4.59. The summed E-state index contributed by atoms with van der Waals surface area (Å²) in [5.74, 6) is 0. The highest BCUT2D eigenvalue weighted by Crippen LogP contribution is 2.06. The van der Waals surface area contributed by atoms with E-state index in [0.717, 1.165) is 12.2 Å². The minimum Gasteiger partial charge on any atom is -0.373 e. The zero-order chi connectivity index (χ0) is 15.0. The molecular weight excluding hydrogens is 252 g/mol. The maximum absolute atomic E-state index is 5.59. The van der Waals surface area contributed by atoms with Gasteiger partial charge in [-0.05, 0) is 32.4 Å². The molecule has 0 unspecified atom stereocenters. The molecule has 0 fully saturated rings. The van der Waals surface area contributed by atoms with E-state index in [1.165, 1.54) is 5.56 Å². The van der Waals surface area contributed by atoms with Gasteiger partial charge in [0.2, 0.25) is 0 Å². The average molecular weight is 280 g/mol. The zero-order valence-electron chi connectivity index (χ0n) is 13.4. The summed E-state index contributed by atoms with van der Waals surface area (Å²) in [4.78, 5) is 4.40. The number of nitrogens with one attached hydrogen (secondary N) is 1. The predicted octanol–water partition coefficient (Wildman–Crippen LogP) is 2.91. The lowest BCUT2D eigenvalue weighted by Gasteiger charge is -2.19. The van der Waals surface area contributed by atoms with Gasteiger partial charge in [-0.2, -0.15) is 0 Å². The first kappa shape index (κ1) is 17.1. The molecule has 4 heteroatoms. The molecule has 0 aliphatic rings. The molecule has 0 aliphatic heterocycles. The van der Waals surface area contributed by atoms with Crippen molar-refractivity contribution in [3.8, 4) is 0 Å². The second-order valence-corrected chi connectivity index (χ2v) is 6.21. The third-order valence-corrected chi connectivity index (χ3v) is 2.61. The van der Waals surface area contributed by atoms with Crippen LogP contribution in [0, 0.1) is 0 Å². The summed E-state index contributed by atoms with van der Waals surface area (Å²) < 4.78 is 11.1. The summed E-state index contributed by atoms with van der Waals surface area (Å²) in [6.45, 7) is 13.0. The van der Waals surface area contributed by atoms with Gasteiger partial charge in [-0.1, -0.05) is 19.9 Å². The molecule has 0 atom stereocenters. The van der Waals surface area contributed by atoms with Crippen LogP contribution >= 0.6 is 0 Å². The smallest absolute Gasteiger partial charge is 0.0889 e. The first-order chi connectivity index (χ1) is 9.37. The van der Waals surface area contributed by atoms with Crippen LogP contribution < -0.4 is 5.32 Å². The highest BCUT2D eigenvalue weighted by Gasteiger charge is 2.08. The van der Waals surface area contributed by atoms with Gasteiger partial charge in [0, 0.05) is 18.8 Å². The lowest BCUT2D eigenvalue weighted by atomic mass is 10.2. The topological polar surface area (TPSA) is 43.4 Å². The Hall–Kier alpha value is -0.970. The molecule has 1 heterocycles. The van der Waals surface area contributed by atoms with E-state index < -0.39 is 0 Å². The lowest BCUT2D eigenvalue weighted by molar-refractivity contribution is -0.0380. The van der Waals surface area contributed by atoms with Crippen molar-refractivity contribution in [3.05, 3.63) is 29.6 Å². The minimum atomic E-state index is -0.104. The van der Waals surface area contributed by atoms with Crippen molar-refractivity contribution < 1.29 is 9.47 Å². The van der Waals surface area contributed by atoms with E-state index in [1.807, 2.05) is 33.0 Å². The number of hydrogen-bond acceptors (Lipinski definition) is 4. The van der Waals surface area contributed by atoms with Crippen molar-refractivity contribution in [2.24, 2.45) is 0 Å². The zero-order valence-corrected chi connectivity index (χ0v) is 13.4. The molecule has 114 valence electrons. The normalized spacial score (nSPS) is 12.1. The summed E-state index contributed by atoms with van der Waals surface area (Å²) in [5.41, 5.74) is 2.04. The predicted molar refractivity (Wildman–Crippen MR) is 81.6 cm³/mol. The SMILES string of the molecule is CC(C)NCc1ccc(COCCOC(C)(C)C)nc1. The van der Waals surface area contributed by atoms with Crippen molar-refractivity contribution in [1.29, 1.82) is 0 Å². The molecule has 1 N–H and O–H groups in total. The molecule has 20 heavy (non-hydrogen) atoms. The van der Waals surface area contributed by atoms with Crippen LogP contribution in [0.2, 0.25) is 0 Å². The summed E-state index contributed by atoms with van der Waals surface area (Å²) in [7, 11) is 0. The van der Waals surface area contributed by atoms with Gasteiger partial charge in [-0.3, -0.25) is 4.98 Å². The highest BCUT2D eigenvalue weighted by molar-refractivity contribution is 5.13. The standard InChI is InChI=1S/C16H28N2O2/c1-13(2)17-10-14-6-7-15(18-11-14)12-19-8-9-20-16(3,4)5/h6-7,11,13,17H,8-10,12H2,1-5H3. The fourth-order valence-corrected chi connectivity index (χ4v) is 1.55. The van der Waals surface area contributed by atoms with Crippen LogP contribution in [0.5, 0.6) is 0 Å². The Labute approximate surface area is 122 Å². The molecule has 0 amide bonds. The second kappa shape index (κ2) is 8.35. The molecule has 0 saturated carbocycles. The van der Waals surface area contributed by atoms with E-state index in [4.69, 9.17) is 9.47 Å². The van der Waals surface area contributed by atoms with E-state index in [2.05, 4.69) is 30.2 Å². The van der Waals surface area contributed by atoms with E-state index in [0.29, 0.717) is 25.9 Å². The first-order valence-corrected chi connectivity index (χ1v) is 7.26. The Balaban J connectivity index is 2.21. The number of aromatic nitrogens is 1. The van der Waals surface area contributed by atoms with Gasteiger partial charge in [-0.15, -0.1) is 0 Å². The molecule has 0 aliphatic carbocycles. The molecule has 0 bridgehead atoms. The van der Waals surface area contributed by atoms with Gasteiger partial charge >= 0.3 is 0 Å². The molecule has 0 spiro atoms. The van der Waals surface area contributed by atoms with Crippen molar-refractivity contribution in [2.75, 3.05) is 13.2 Å². The summed E-state index contributed by atoms with van der Waals surface area (Å²) in [6.07, 6.45) is 1.90. The maximum atomic E-state index is 5.59. The van der Waals surface area contributed by atoms with Gasteiger partial charge in [0.15, 0.2) is 0 Å². The van der Waals surface area contributed by atoms with Crippen LogP contribution in [-0.4, -0.2) is 29.8 Å². The molecule has 1 aromatic rings. The van der Waals surface area contributed by atoms with E-state index in [9.17, 15) is 0 Å². The third-order valence-electron chi connectivity index (χ3n) is 2.61. The minimum absolute atomic E-state index is 0.104. The highest BCUT2D eigenvalue weighted by atomic mass is 16.5. The summed E-state index contributed by atoms with van der Waals surface area (Å²) in [5, 5.41) is 3.37. The van der Waals surface area contributed by atoms with Crippen LogP contribution in [0.15, 0.2) is 18.3 Å². The molecule has 1 aromatic heterocycles. The first-order valence-electron chi connectivity index (χ1n) is 7.26. The summed E-state index contributed by atoms with van der Waals surface area (Å²) >= 11 is 0. The number of nitrogens with zero attached hydrogens (tertiary/aromatic N) is 1. The quantitative estimate of drug-likeness (QED) is 0.744. The molecular formula is C16H28N2O2. The molecule has 0 radical (unpaired) electrons. The second-order valence-electron chi connectivity index (χ2n) is 6.21. The molecule has 1 rings (SSSR count). The van der Waals surface area contributed by atoms with E-state index in [-0.39, 0.29) is 5.60 Å². The number of hydrogen-bond donors (Lipinski definition) is 1. The number of rotatable bonds is 8. The Morgan fingerprint density at radius 3 is 2.50 bits per heavy atom. The molecule has 4 nitrogen and oxygen atoms in total. The van der Waals surface area contributed by atoms with Gasteiger partial charge in [0.1, 0.15) is 0 Å². The van der Waals surface area contributed by atoms with Crippen molar-refractivity contribution in [3.63, 3.8) is 0 Å².